The summed E-state index contributed by atoms with van der Waals surface area (Å²) in [5.74, 6) is 0.158. The van der Waals surface area contributed by atoms with Gasteiger partial charge in [-0.3, -0.25) is 19.8 Å². The molecule has 2 saturated heterocycles. The maximum absolute atomic E-state index is 13.2. The fourth-order valence-corrected chi connectivity index (χ4v) is 4.15. The third kappa shape index (κ3) is 3.68. The van der Waals surface area contributed by atoms with Crippen LogP contribution in [0.3, 0.4) is 0 Å². The van der Waals surface area contributed by atoms with Gasteiger partial charge in [0.25, 0.3) is 5.91 Å². The average molecular weight is 405 g/mol. The molecule has 154 valence electrons. The number of nitrogens with one attached hydrogen (secondary N) is 1. The van der Waals surface area contributed by atoms with Crippen LogP contribution in [-0.4, -0.2) is 48.5 Å². The zero-order valence-electron chi connectivity index (χ0n) is 16.5. The van der Waals surface area contributed by atoms with E-state index in [4.69, 9.17) is 4.74 Å². The van der Waals surface area contributed by atoms with Gasteiger partial charge in [0.05, 0.1) is 12.6 Å². The largest absolute Gasteiger partial charge is 0.366 e. The maximum atomic E-state index is 13.2. The predicted molar refractivity (Wildman–Crippen MR) is 110 cm³/mol. The van der Waals surface area contributed by atoms with Crippen molar-refractivity contribution in [2.24, 2.45) is 5.92 Å². The normalized spacial score (nSPS) is 24.1. The molecule has 3 aliphatic rings. The molecule has 0 unspecified atom stereocenters. The Morgan fingerprint density at radius 1 is 0.967 bits per heavy atom. The van der Waals surface area contributed by atoms with Gasteiger partial charge >= 0.3 is 6.03 Å². The number of nitrogens with zero attached hydrogens (tertiary/aromatic N) is 2. The fraction of sp³-hybridized carbons (Fsp3) is 0.348. The second-order valence-corrected chi connectivity index (χ2v) is 8.11. The molecule has 0 aromatic heterocycles. The molecule has 0 radical (unpaired) electrons. The van der Waals surface area contributed by atoms with Crippen molar-refractivity contribution in [3.8, 4) is 0 Å². The second-order valence-electron chi connectivity index (χ2n) is 8.11. The molecule has 2 aliphatic heterocycles. The van der Waals surface area contributed by atoms with Crippen LogP contribution in [0, 0.1) is 5.92 Å². The quantitative estimate of drug-likeness (QED) is 0.794. The molecular formula is C23H23N3O4. The Morgan fingerprint density at radius 2 is 1.70 bits per heavy atom. The average Bonchev–Trinajstić information content (AvgIpc) is 3.58. The highest BCUT2D eigenvalue weighted by atomic mass is 16.5. The smallest absolute Gasteiger partial charge is 0.329 e. The van der Waals surface area contributed by atoms with Crippen molar-refractivity contribution in [2.75, 3.05) is 24.5 Å². The summed E-state index contributed by atoms with van der Waals surface area (Å²) in [7, 11) is 0. The summed E-state index contributed by atoms with van der Waals surface area (Å²) in [6.07, 6.45) is 2.23. The van der Waals surface area contributed by atoms with Crippen molar-refractivity contribution in [3.63, 3.8) is 0 Å². The lowest BCUT2D eigenvalue weighted by Crippen LogP contribution is -2.47. The summed E-state index contributed by atoms with van der Waals surface area (Å²) in [5.41, 5.74) is 2.24. The zero-order chi connectivity index (χ0) is 20.7. The van der Waals surface area contributed by atoms with Gasteiger partial charge in [0.1, 0.15) is 12.6 Å². The van der Waals surface area contributed by atoms with Gasteiger partial charge in [-0.25, -0.2) is 4.79 Å². The highest BCUT2D eigenvalue weighted by molar-refractivity contribution is 6.12. The fourth-order valence-electron chi connectivity index (χ4n) is 4.15. The molecule has 2 aromatic carbocycles. The van der Waals surface area contributed by atoms with Crippen LogP contribution in [0.5, 0.6) is 0 Å². The van der Waals surface area contributed by atoms with E-state index in [1.54, 1.807) is 24.3 Å². The summed E-state index contributed by atoms with van der Waals surface area (Å²) >= 11 is 0. The van der Waals surface area contributed by atoms with Gasteiger partial charge in [-0.05, 0) is 48.6 Å². The number of imide groups is 1. The summed E-state index contributed by atoms with van der Waals surface area (Å²) in [5, 5.41) is 2.26. The van der Waals surface area contributed by atoms with Crippen LogP contribution >= 0.6 is 0 Å². The summed E-state index contributed by atoms with van der Waals surface area (Å²) < 4.78 is 6.34. The first kappa shape index (κ1) is 18.8. The molecule has 0 spiro atoms. The molecular weight excluding hydrogens is 382 g/mol. The van der Waals surface area contributed by atoms with E-state index in [1.807, 2.05) is 35.2 Å². The third-order valence-corrected chi connectivity index (χ3v) is 5.95. The first-order valence-electron chi connectivity index (χ1n) is 10.3. The number of benzene rings is 2. The molecule has 2 heterocycles. The van der Waals surface area contributed by atoms with Crippen LogP contribution in [0.4, 0.5) is 10.5 Å². The van der Waals surface area contributed by atoms with Crippen LogP contribution in [-0.2, 0) is 9.53 Å². The number of hydrogen-bond acceptors (Lipinski definition) is 4. The van der Waals surface area contributed by atoms with Gasteiger partial charge in [0.15, 0.2) is 0 Å². The van der Waals surface area contributed by atoms with Gasteiger partial charge in [-0.1, -0.05) is 30.3 Å². The van der Waals surface area contributed by atoms with Crippen molar-refractivity contribution in [1.29, 1.82) is 0 Å². The van der Waals surface area contributed by atoms with Crippen LogP contribution in [0.25, 0.3) is 0 Å². The topological polar surface area (TPSA) is 79.0 Å². The third-order valence-electron chi connectivity index (χ3n) is 5.95. The van der Waals surface area contributed by atoms with E-state index in [-0.39, 0.29) is 30.6 Å². The van der Waals surface area contributed by atoms with E-state index in [0.29, 0.717) is 30.3 Å². The molecule has 2 atom stereocenters. The van der Waals surface area contributed by atoms with Crippen molar-refractivity contribution >= 4 is 23.5 Å². The van der Waals surface area contributed by atoms with Gasteiger partial charge in [0.2, 0.25) is 5.91 Å². The van der Waals surface area contributed by atoms with Gasteiger partial charge < -0.3 is 9.64 Å². The van der Waals surface area contributed by atoms with Crippen molar-refractivity contribution in [3.05, 3.63) is 65.7 Å². The minimum atomic E-state index is -0.440. The molecule has 3 fully saturated rings. The Balaban J connectivity index is 1.34. The Bertz CT molecular complexity index is 972. The van der Waals surface area contributed by atoms with E-state index < -0.39 is 6.03 Å². The molecule has 4 amide bonds. The molecule has 7 heteroatoms. The van der Waals surface area contributed by atoms with Crippen molar-refractivity contribution < 1.29 is 19.1 Å². The van der Waals surface area contributed by atoms with Crippen LogP contribution < -0.4 is 10.2 Å². The number of carbonyl (C=O) groups excluding carboxylic acids is 3. The van der Waals surface area contributed by atoms with Gasteiger partial charge in [-0.2, -0.15) is 0 Å². The number of ether oxygens (including phenoxy) is 1. The Kier molecular flexibility index (Phi) is 4.75. The highest BCUT2D eigenvalue weighted by Crippen LogP contribution is 2.39. The second kappa shape index (κ2) is 7.57. The van der Waals surface area contributed by atoms with Gasteiger partial charge in [-0.15, -0.1) is 0 Å². The Labute approximate surface area is 174 Å². The van der Waals surface area contributed by atoms with E-state index >= 15 is 0 Å². The number of carbonyl (C=O) groups is 3. The first-order chi connectivity index (χ1) is 14.6. The van der Waals surface area contributed by atoms with E-state index in [1.165, 1.54) is 4.90 Å². The van der Waals surface area contributed by atoms with E-state index in [0.717, 1.165) is 18.4 Å². The van der Waals surface area contributed by atoms with Crippen molar-refractivity contribution in [1.82, 2.24) is 10.2 Å². The van der Waals surface area contributed by atoms with Gasteiger partial charge in [0, 0.05) is 17.8 Å². The molecule has 1 N–H and O–H groups in total. The molecule has 7 nitrogen and oxygen atoms in total. The number of urea groups is 1. The lowest BCUT2D eigenvalue weighted by atomic mass is 10.0. The molecule has 2 aromatic rings. The minimum absolute atomic E-state index is 0.00257. The SMILES string of the molecule is O=C1CN(c2ccc(C(=O)N3C[C@@H](c4ccccc4)O[C@@H](C4CC4)C3)cc2)C(=O)N1. The summed E-state index contributed by atoms with van der Waals surface area (Å²) in [6.45, 7) is 1.10. The predicted octanol–water partition coefficient (Wildman–Crippen LogP) is 2.74. The molecule has 0 bridgehead atoms. The Morgan fingerprint density at radius 3 is 2.33 bits per heavy atom. The molecule has 5 rings (SSSR count). The van der Waals surface area contributed by atoms with Crippen LogP contribution in [0.2, 0.25) is 0 Å². The maximum Gasteiger partial charge on any atom is 0.329 e. The lowest BCUT2D eigenvalue weighted by Gasteiger charge is -2.38. The first-order valence-corrected chi connectivity index (χ1v) is 10.3. The van der Waals surface area contributed by atoms with E-state index in [2.05, 4.69) is 5.32 Å². The van der Waals surface area contributed by atoms with Crippen LogP contribution in [0.15, 0.2) is 54.6 Å². The van der Waals surface area contributed by atoms with E-state index in [9.17, 15) is 14.4 Å². The lowest BCUT2D eigenvalue weighted by molar-refractivity contribution is -0.117. The molecule has 1 saturated carbocycles. The monoisotopic (exact) mass is 405 g/mol. The van der Waals surface area contributed by atoms with Crippen molar-refractivity contribution in [2.45, 2.75) is 25.0 Å². The summed E-state index contributed by atoms with van der Waals surface area (Å²) in [6, 6.07) is 16.4. The summed E-state index contributed by atoms with van der Waals surface area (Å²) in [4.78, 5) is 39.7. The van der Waals surface area contributed by atoms with Crippen LogP contribution in [0.1, 0.15) is 34.9 Å². The number of morpholine rings is 1. The molecule has 1 aliphatic carbocycles. The zero-order valence-corrected chi connectivity index (χ0v) is 16.5. The number of amides is 4. The number of hydrogen-bond donors (Lipinski definition) is 1. The molecule has 30 heavy (non-hydrogen) atoms. The standard InChI is InChI=1S/C23H23N3O4/c27-21-14-26(23(29)24-21)18-10-8-17(9-11-18)22(28)25-12-19(15-4-2-1-3-5-15)30-20(13-25)16-6-7-16/h1-5,8-11,16,19-20H,6-7,12-14H2,(H,24,27,29)/t19-,20+/m0/s1. The number of rotatable bonds is 4. The highest BCUT2D eigenvalue weighted by Gasteiger charge is 2.40. The minimum Gasteiger partial charge on any atom is -0.366 e. The number of anilines is 1. The Hall–Kier alpha value is -3.19.